The SMILES string of the molecule is CCCC(C)NCCCCCCCCCCNC(C)C. The van der Waals surface area contributed by atoms with Crippen LogP contribution in [0.4, 0.5) is 0 Å². The summed E-state index contributed by atoms with van der Waals surface area (Å²) in [5, 5.41) is 7.09. The number of rotatable bonds is 15. The van der Waals surface area contributed by atoms with Gasteiger partial charge in [-0.3, -0.25) is 0 Å². The van der Waals surface area contributed by atoms with Crippen molar-refractivity contribution in [3.05, 3.63) is 0 Å². The van der Waals surface area contributed by atoms with Crippen molar-refractivity contribution in [2.75, 3.05) is 13.1 Å². The van der Waals surface area contributed by atoms with Crippen LogP contribution in [0.5, 0.6) is 0 Å². The fourth-order valence-corrected chi connectivity index (χ4v) is 2.58. The van der Waals surface area contributed by atoms with E-state index < -0.39 is 0 Å². The lowest BCUT2D eigenvalue weighted by molar-refractivity contribution is 0.483. The van der Waals surface area contributed by atoms with Crippen molar-refractivity contribution < 1.29 is 0 Å². The smallest absolute Gasteiger partial charge is 0.00386 e. The number of unbranched alkanes of at least 4 members (excludes halogenated alkanes) is 7. The van der Waals surface area contributed by atoms with Gasteiger partial charge >= 0.3 is 0 Å². The van der Waals surface area contributed by atoms with Crippen molar-refractivity contribution in [2.24, 2.45) is 0 Å². The van der Waals surface area contributed by atoms with E-state index in [0.717, 1.165) is 0 Å². The summed E-state index contributed by atoms with van der Waals surface area (Å²) in [6, 6.07) is 1.35. The van der Waals surface area contributed by atoms with Crippen LogP contribution in [0.25, 0.3) is 0 Å². The van der Waals surface area contributed by atoms with Crippen LogP contribution < -0.4 is 10.6 Å². The Kier molecular flexibility index (Phi) is 15.3. The Morgan fingerprint density at radius 3 is 1.55 bits per heavy atom. The molecule has 0 saturated heterocycles. The summed E-state index contributed by atoms with van der Waals surface area (Å²) in [6.45, 7) is 11.4. The molecule has 20 heavy (non-hydrogen) atoms. The van der Waals surface area contributed by atoms with Gasteiger partial charge in [-0.15, -0.1) is 0 Å². The number of nitrogens with one attached hydrogen (secondary N) is 2. The Bertz CT molecular complexity index is 180. The first kappa shape index (κ1) is 19.9. The highest BCUT2D eigenvalue weighted by Gasteiger charge is 1.98. The summed E-state index contributed by atoms with van der Waals surface area (Å²) in [4.78, 5) is 0. The monoisotopic (exact) mass is 284 g/mol. The predicted octanol–water partition coefficient (Wildman–Crippen LogP) is 4.88. The first-order valence-corrected chi connectivity index (χ1v) is 9.13. The Morgan fingerprint density at radius 2 is 1.10 bits per heavy atom. The quantitative estimate of drug-likeness (QED) is 0.419. The zero-order valence-corrected chi connectivity index (χ0v) is 14.6. The van der Waals surface area contributed by atoms with Crippen molar-refractivity contribution in [3.63, 3.8) is 0 Å². The molecule has 0 aliphatic rings. The molecule has 2 nitrogen and oxygen atoms in total. The Labute approximate surface area is 128 Å². The van der Waals surface area contributed by atoms with Crippen molar-refractivity contribution in [1.82, 2.24) is 10.6 Å². The summed E-state index contributed by atoms with van der Waals surface area (Å²) in [5.74, 6) is 0. The molecular weight excluding hydrogens is 244 g/mol. The van der Waals surface area contributed by atoms with Crippen LogP contribution in [0.1, 0.15) is 91.9 Å². The third-order valence-electron chi connectivity index (χ3n) is 3.87. The lowest BCUT2D eigenvalue weighted by Crippen LogP contribution is -2.26. The van der Waals surface area contributed by atoms with E-state index in [9.17, 15) is 0 Å². The topological polar surface area (TPSA) is 24.1 Å². The molecule has 0 aromatic carbocycles. The van der Waals surface area contributed by atoms with Crippen LogP contribution in [0.15, 0.2) is 0 Å². The molecule has 0 saturated carbocycles. The minimum Gasteiger partial charge on any atom is -0.315 e. The molecule has 0 amide bonds. The number of hydrogen-bond donors (Lipinski definition) is 2. The highest BCUT2D eigenvalue weighted by molar-refractivity contribution is 4.59. The van der Waals surface area contributed by atoms with Crippen molar-refractivity contribution in [1.29, 1.82) is 0 Å². The second-order valence-electron chi connectivity index (χ2n) is 6.58. The average molecular weight is 285 g/mol. The maximum Gasteiger partial charge on any atom is 0.00386 e. The fraction of sp³-hybridized carbons (Fsp3) is 1.00. The van der Waals surface area contributed by atoms with E-state index in [1.165, 1.54) is 77.3 Å². The second-order valence-corrected chi connectivity index (χ2v) is 6.58. The highest BCUT2D eigenvalue weighted by Crippen LogP contribution is 2.08. The van der Waals surface area contributed by atoms with Gasteiger partial charge in [0.1, 0.15) is 0 Å². The van der Waals surface area contributed by atoms with Crippen LogP contribution in [0.3, 0.4) is 0 Å². The molecule has 0 aliphatic heterocycles. The predicted molar refractivity (Wildman–Crippen MR) is 92.4 cm³/mol. The minimum atomic E-state index is 0.642. The molecular formula is C18H40N2. The molecule has 2 heteroatoms. The summed E-state index contributed by atoms with van der Waals surface area (Å²) >= 11 is 0. The van der Waals surface area contributed by atoms with Crippen LogP contribution in [-0.4, -0.2) is 25.2 Å². The van der Waals surface area contributed by atoms with E-state index in [1.807, 2.05) is 0 Å². The van der Waals surface area contributed by atoms with Gasteiger partial charge in [-0.25, -0.2) is 0 Å². The normalized spacial score (nSPS) is 13.1. The molecule has 0 aliphatic carbocycles. The van der Waals surface area contributed by atoms with Gasteiger partial charge in [0.05, 0.1) is 0 Å². The van der Waals surface area contributed by atoms with Crippen LogP contribution >= 0.6 is 0 Å². The summed E-state index contributed by atoms with van der Waals surface area (Å²) in [7, 11) is 0. The zero-order valence-electron chi connectivity index (χ0n) is 14.6. The minimum absolute atomic E-state index is 0.642. The largest absolute Gasteiger partial charge is 0.315 e. The van der Waals surface area contributed by atoms with E-state index >= 15 is 0 Å². The molecule has 0 rings (SSSR count). The molecule has 0 spiro atoms. The van der Waals surface area contributed by atoms with Gasteiger partial charge < -0.3 is 10.6 Å². The van der Waals surface area contributed by atoms with Gasteiger partial charge in [-0.2, -0.15) is 0 Å². The zero-order chi connectivity index (χ0) is 15.1. The standard InChI is InChI=1S/C18H40N2/c1-5-14-18(4)20-16-13-11-9-7-6-8-10-12-15-19-17(2)3/h17-20H,5-16H2,1-4H3. The van der Waals surface area contributed by atoms with Gasteiger partial charge in [0.15, 0.2) is 0 Å². The van der Waals surface area contributed by atoms with Crippen LogP contribution in [0, 0.1) is 0 Å². The van der Waals surface area contributed by atoms with E-state index in [-0.39, 0.29) is 0 Å². The molecule has 0 fully saturated rings. The molecule has 122 valence electrons. The number of hydrogen-bond acceptors (Lipinski definition) is 2. The van der Waals surface area contributed by atoms with Gasteiger partial charge in [0.2, 0.25) is 0 Å². The second kappa shape index (κ2) is 15.3. The average Bonchev–Trinajstić information content (AvgIpc) is 2.40. The van der Waals surface area contributed by atoms with Crippen molar-refractivity contribution in [3.8, 4) is 0 Å². The fourth-order valence-electron chi connectivity index (χ4n) is 2.58. The molecule has 1 atom stereocenters. The maximum absolute atomic E-state index is 3.61. The maximum atomic E-state index is 3.61. The Hall–Kier alpha value is -0.0800. The summed E-state index contributed by atoms with van der Waals surface area (Å²) in [5.41, 5.74) is 0. The molecule has 0 aromatic rings. The lowest BCUT2D eigenvalue weighted by Gasteiger charge is -2.12. The molecule has 0 heterocycles. The third kappa shape index (κ3) is 16.0. The van der Waals surface area contributed by atoms with Gasteiger partial charge in [-0.1, -0.05) is 65.7 Å². The van der Waals surface area contributed by atoms with Gasteiger partial charge in [-0.05, 0) is 39.3 Å². The lowest BCUT2D eigenvalue weighted by atomic mass is 10.1. The first-order chi connectivity index (χ1) is 9.66. The van der Waals surface area contributed by atoms with Gasteiger partial charge in [0.25, 0.3) is 0 Å². The van der Waals surface area contributed by atoms with E-state index in [0.29, 0.717) is 12.1 Å². The van der Waals surface area contributed by atoms with Gasteiger partial charge in [0, 0.05) is 12.1 Å². The molecule has 0 radical (unpaired) electrons. The molecule has 0 bridgehead atoms. The van der Waals surface area contributed by atoms with E-state index in [4.69, 9.17) is 0 Å². The molecule has 0 aromatic heterocycles. The summed E-state index contributed by atoms with van der Waals surface area (Å²) in [6.07, 6.45) is 13.8. The third-order valence-corrected chi connectivity index (χ3v) is 3.87. The van der Waals surface area contributed by atoms with Crippen LogP contribution in [0.2, 0.25) is 0 Å². The van der Waals surface area contributed by atoms with Crippen LogP contribution in [-0.2, 0) is 0 Å². The molecule has 2 N–H and O–H groups in total. The van der Waals surface area contributed by atoms with E-state index in [2.05, 4.69) is 38.3 Å². The van der Waals surface area contributed by atoms with E-state index in [1.54, 1.807) is 0 Å². The highest BCUT2D eigenvalue weighted by atomic mass is 14.9. The summed E-state index contributed by atoms with van der Waals surface area (Å²) < 4.78 is 0. The van der Waals surface area contributed by atoms with Crippen molar-refractivity contribution >= 4 is 0 Å². The molecule has 1 unspecified atom stereocenters. The van der Waals surface area contributed by atoms with Crippen molar-refractivity contribution in [2.45, 2.75) is 104 Å². The first-order valence-electron chi connectivity index (χ1n) is 9.13. The Balaban J connectivity index is 3.03. The Morgan fingerprint density at radius 1 is 0.650 bits per heavy atom.